The lowest BCUT2D eigenvalue weighted by Gasteiger charge is -2.24. The van der Waals surface area contributed by atoms with Crippen LogP contribution in [0.3, 0.4) is 0 Å². The van der Waals surface area contributed by atoms with Gasteiger partial charge < -0.3 is 9.88 Å². The van der Waals surface area contributed by atoms with Gasteiger partial charge in [0.2, 0.25) is 0 Å². The maximum atomic E-state index is 12.4. The fourth-order valence-electron chi connectivity index (χ4n) is 3.68. The highest BCUT2D eigenvalue weighted by Crippen LogP contribution is 2.29. The molecule has 7 heteroatoms. The first-order valence-electron chi connectivity index (χ1n) is 9.37. The smallest absolute Gasteiger partial charge is 0.259 e. The van der Waals surface area contributed by atoms with E-state index in [9.17, 15) is 4.79 Å². The van der Waals surface area contributed by atoms with Gasteiger partial charge in [0.05, 0.1) is 11.8 Å². The summed E-state index contributed by atoms with van der Waals surface area (Å²) >= 11 is 0. The molecule has 0 bridgehead atoms. The predicted octanol–water partition coefficient (Wildman–Crippen LogP) is 2.86. The van der Waals surface area contributed by atoms with Crippen molar-refractivity contribution < 1.29 is 4.79 Å². The van der Waals surface area contributed by atoms with Gasteiger partial charge in [0.1, 0.15) is 11.6 Å². The number of benzene rings is 1. The summed E-state index contributed by atoms with van der Waals surface area (Å²) in [6.45, 7) is 4.92. The van der Waals surface area contributed by atoms with Crippen molar-refractivity contribution in [2.75, 3.05) is 5.32 Å². The minimum atomic E-state index is -0.132. The molecule has 1 aliphatic heterocycles. The van der Waals surface area contributed by atoms with Crippen molar-refractivity contribution in [3.63, 3.8) is 0 Å². The SMILES string of the molecule is CCc1nnc2n1C[C@H](c1ccc(NC(=O)c3cnn(C)c3C)cc1)CC2. The number of nitrogens with one attached hydrogen (secondary N) is 1. The van der Waals surface area contributed by atoms with Crippen LogP contribution in [0, 0.1) is 6.92 Å². The molecule has 1 aromatic carbocycles. The third-order valence-corrected chi connectivity index (χ3v) is 5.46. The van der Waals surface area contributed by atoms with E-state index in [4.69, 9.17) is 0 Å². The molecule has 0 fully saturated rings. The molecule has 0 unspecified atom stereocenters. The monoisotopic (exact) mass is 364 g/mol. The Morgan fingerprint density at radius 1 is 1.26 bits per heavy atom. The maximum absolute atomic E-state index is 12.4. The Morgan fingerprint density at radius 3 is 2.70 bits per heavy atom. The van der Waals surface area contributed by atoms with Crippen LogP contribution in [0.1, 0.15) is 52.5 Å². The van der Waals surface area contributed by atoms with Gasteiger partial charge in [-0.2, -0.15) is 5.10 Å². The molecule has 3 heterocycles. The average molecular weight is 364 g/mol. The van der Waals surface area contributed by atoms with Crippen LogP contribution in [0.15, 0.2) is 30.5 Å². The molecule has 0 saturated heterocycles. The van der Waals surface area contributed by atoms with E-state index in [1.54, 1.807) is 10.9 Å². The quantitative estimate of drug-likeness (QED) is 0.772. The molecule has 4 rings (SSSR count). The van der Waals surface area contributed by atoms with Crippen molar-refractivity contribution in [1.29, 1.82) is 0 Å². The van der Waals surface area contributed by atoms with Crippen molar-refractivity contribution in [1.82, 2.24) is 24.5 Å². The molecule has 0 saturated carbocycles. The fourth-order valence-corrected chi connectivity index (χ4v) is 3.68. The van der Waals surface area contributed by atoms with Crippen molar-refractivity contribution in [3.05, 3.63) is 58.9 Å². The third-order valence-electron chi connectivity index (χ3n) is 5.46. The lowest BCUT2D eigenvalue weighted by molar-refractivity contribution is 0.102. The van der Waals surface area contributed by atoms with Gasteiger partial charge >= 0.3 is 0 Å². The second kappa shape index (κ2) is 6.98. The van der Waals surface area contributed by atoms with Gasteiger partial charge in [-0.15, -0.1) is 10.2 Å². The number of anilines is 1. The summed E-state index contributed by atoms with van der Waals surface area (Å²) < 4.78 is 3.96. The Hall–Kier alpha value is -2.96. The molecule has 7 nitrogen and oxygen atoms in total. The molecule has 0 spiro atoms. The van der Waals surface area contributed by atoms with Crippen LogP contribution in [0.4, 0.5) is 5.69 Å². The molecule has 0 aliphatic carbocycles. The normalized spacial score (nSPS) is 16.2. The second-order valence-corrected chi connectivity index (χ2v) is 7.08. The van der Waals surface area contributed by atoms with E-state index in [1.165, 1.54) is 5.56 Å². The Bertz CT molecular complexity index is 956. The summed E-state index contributed by atoms with van der Waals surface area (Å²) in [6, 6.07) is 8.16. The molecular weight excluding hydrogens is 340 g/mol. The third kappa shape index (κ3) is 3.25. The van der Waals surface area contributed by atoms with Crippen LogP contribution in [0.2, 0.25) is 0 Å². The highest BCUT2D eigenvalue weighted by atomic mass is 16.1. The summed E-state index contributed by atoms with van der Waals surface area (Å²) in [5, 5.41) is 15.7. The molecule has 27 heavy (non-hydrogen) atoms. The van der Waals surface area contributed by atoms with Gasteiger partial charge in [0.25, 0.3) is 5.91 Å². The zero-order valence-corrected chi connectivity index (χ0v) is 15.9. The molecule has 1 N–H and O–H groups in total. The van der Waals surface area contributed by atoms with E-state index < -0.39 is 0 Å². The number of aryl methyl sites for hydroxylation is 3. The Morgan fingerprint density at radius 2 is 2.04 bits per heavy atom. The number of aromatic nitrogens is 5. The number of carbonyl (C=O) groups excluding carboxylic acids is 1. The van der Waals surface area contributed by atoms with E-state index >= 15 is 0 Å². The van der Waals surface area contributed by atoms with E-state index in [-0.39, 0.29) is 5.91 Å². The average Bonchev–Trinajstić information content (AvgIpc) is 3.25. The first-order chi connectivity index (χ1) is 13.1. The molecule has 140 valence electrons. The highest BCUT2D eigenvalue weighted by molar-refractivity contribution is 6.04. The van der Waals surface area contributed by atoms with E-state index in [0.29, 0.717) is 11.5 Å². The largest absolute Gasteiger partial charge is 0.322 e. The summed E-state index contributed by atoms with van der Waals surface area (Å²) in [5.74, 6) is 2.47. The Labute approximate surface area is 158 Å². The number of fused-ring (bicyclic) bond motifs is 1. The van der Waals surface area contributed by atoms with Crippen molar-refractivity contribution in [2.24, 2.45) is 7.05 Å². The van der Waals surface area contributed by atoms with Gasteiger partial charge in [0.15, 0.2) is 0 Å². The minimum Gasteiger partial charge on any atom is -0.322 e. The van der Waals surface area contributed by atoms with E-state index in [0.717, 1.165) is 48.8 Å². The van der Waals surface area contributed by atoms with E-state index in [1.807, 2.05) is 26.1 Å². The van der Waals surface area contributed by atoms with Crippen LogP contribution >= 0.6 is 0 Å². The molecule has 3 aromatic rings. The van der Waals surface area contributed by atoms with Gasteiger partial charge in [-0.3, -0.25) is 9.48 Å². The van der Waals surface area contributed by atoms with Crippen LogP contribution in [0.5, 0.6) is 0 Å². The zero-order chi connectivity index (χ0) is 19.0. The fraction of sp³-hybridized carbons (Fsp3) is 0.400. The van der Waals surface area contributed by atoms with Crippen molar-refractivity contribution in [2.45, 2.75) is 45.6 Å². The van der Waals surface area contributed by atoms with Gasteiger partial charge in [-0.25, -0.2) is 0 Å². The minimum absolute atomic E-state index is 0.132. The van der Waals surface area contributed by atoms with Gasteiger partial charge in [0, 0.05) is 43.7 Å². The molecule has 1 aliphatic rings. The summed E-state index contributed by atoms with van der Waals surface area (Å²) in [7, 11) is 1.83. The van der Waals surface area contributed by atoms with Crippen molar-refractivity contribution >= 4 is 11.6 Å². The van der Waals surface area contributed by atoms with Gasteiger partial charge in [-0.05, 0) is 31.0 Å². The zero-order valence-electron chi connectivity index (χ0n) is 15.9. The first-order valence-corrected chi connectivity index (χ1v) is 9.37. The number of nitrogens with zero attached hydrogens (tertiary/aromatic N) is 5. The number of hydrogen-bond donors (Lipinski definition) is 1. The molecule has 1 atom stereocenters. The van der Waals surface area contributed by atoms with E-state index in [2.05, 4.69) is 44.2 Å². The Kier molecular flexibility index (Phi) is 4.51. The number of amides is 1. The molecule has 1 amide bonds. The second-order valence-electron chi connectivity index (χ2n) is 7.08. The lowest BCUT2D eigenvalue weighted by atomic mass is 9.91. The van der Waals surface area contributed by atoms with Crippen LogP contribution in [-0.2, 0) is 26.4 Å². The molecular formula is C20H24N6O. The van der Waals surface area contributed by atoms with Crippen LogP contribution < -0.4 is 5.32 Å². The predicted molar refractivity (Wildman–Crippen MR) is 103 cm³/mol. The van der Waals surface area contributed by atoms with Crippen LogP contribution in [-0.4, -0.2) is 30.5 Å². The van der Waals surface area contributed by atoms with Crippen molar-refractivity contribution in [3.8, 4) is 0 Å². The summed E-state index contributed by atoms with van der Waals surface area (Å²) in [4.78, 5) is 12.4. The lowest BCUT2D eigenvalue weighted by Crippen LogP contribution is -2.20. The highest BCUT2D eigenvalue weighted by Gasteiger charge is 2.23. The van der Waals surface area contributed by atoms with Crippen LogP contribution in [0.25, 0.3) is 0 Å². The molecule has 0 radical (unpaired) electrons. The summed E-state index contributed by atoms with van der Waals surface area (Å²) in [5.41, 5.74) is 3.53. The topological polar surface area (TPSA) is 77.6 Å². The van der Waals surface area contributed by atoms with Gasteiger partial charge in [-0.1, -0.05) is 19.1 Å². The number of rotatable bonds is 4. The summed E-state index contributed by atoms with van der Waals surface area (Å²) in [6.07, 6.45) is 4.53. The molecule has 2 aromatic heterocycles. The Balaban J connectivity index is 1.46. The number of carbonyl (C=O) groups is 1. The number of hydrogen-bond acceptors (Lipinski definition) is 4. The maximum Gasteiger partial charge on any atom is 0.259 e. The standard InChI is InChI=1S/C20H24N6O/c1-4-18-23-24-19-10-7-15(12-26(18)19)14-5-8-16(9-6-14)22-20(27)17-11-21-25(3)13(17)2/h5-6,8-9,11,15H,4,7,10,12H2,1-3H3,(H,22,27)/t15-/m1/s1. The first kappa shape index (κ1) is 17.5.